The second-order valence-corrected chi connectivity index (χ2v) is 7.26. The number of anilines is 2. The van der Waals surface area contributed by atoms with Crippen LogP contribution in [0, 0.1) is 17.6 Å². The third-order valence-corrected chi connectivity index (χ3v) is 5.19. The Morgan fingerprint density at radius 1 is 1.17 bits per heavy atom. The summed E-state index contributed by atoms with van der Waals surface area (Å²) in [6.45, 7) is 1.63. The molecule has 0 saturated carbocycles. The molecular weight excluding hydrogens is 416 g/mol. The van der Waals surface area contributed by atoms with Crippen molar-refractivity contribution in [3.8, 4) is 0 Å². The molecule has 30 heavy (non-hydrogen) atoms. The third kappa shape index (κ3) is 4.59. The molecule has 1 fully saturated rings. The van der Waals surface area contributed by atoms with Crippen molar-refractivity contribution in [1.29, 1.82) is 0 Å². The molecule has 0 radical (unpaired) electrons. The van der Waals surface area contributed by atoms with Crippen LogP contribution in [0.25, 0.3) is 0 Å². The van der Waals surface area contributed by atoms with E-state index >= 15 is 0 Å². The van der Waals surface area contributed by atoms with Gasteiger partial charge in [-0.2, -0.15) is 0 Å². The number of hydrogen-bond acceptors (Lipinski definition) is 3. The van der Waals surface area contributed by atoms with Gasteiger partial charge in [-0.1, -0.05) is 29.8 Å². The Hall–Kier alpha value is -3.00. The number of nitrogens with zero attached hydrogens (tertiary/aromatic N) is 2. The lowest BCUT2D eigenvalue weighted by molar-refractivity contribution is -0.138. The van der Waals surface area contributed by atoms with Crippen LogP contribution in [0.2, 0.25) is 5.02 Å². The van der Waals surface area contributed by atoms with Gasteiger partial charge in [-0.05, 0) is 31.2 Å². The molecule has 9 heteroatoms. The van der Waals surface area contributed by atoms with Crippen LogP contribution in [0.3, 0.4) is 0 Å². The van der Waals surface area contributed by atoms with Crippen LogP contribution in [0.4, 0.5) is 20.2 Å². The standard InChI is InChI=1S/C21H20ClF2N3O3/c1-2-26(12-18(28)25-20-15(23)7-5-8-16(20)24)21(30)13-10-19(29)27(11-13)17-9-4-3-6-14(17)22/h3-9,13H,2,10-12H2,1H3,(H,25,28)/t13-/m1/s1. The molecule has 1 saturated heterocycles. The molecule has 0 spiro atoms. The van der Waals surface area contributed by atoms with Gasteiger partial charge in [-0.15, -0.1) is 0 Å². The molecule has 1 heterocycles. The summed E-state index contributed by atoms with van der Waals surface area (Å²) in [7, 11) is 0. The van der Waals surface area contributed by atoms with Crippen LogP contribution >= 0.6 is 11.6 Å². The minimum Gasteiger partial charge on any atom is -0.333 e. The molecule has 1 aliphatic heterocycles. The maximum absolute atomic E-state index is 13.7. The number of halogens is 3. The van der Waals surface area contributed by atoms with Crippen molar-refractivity contribution in [3.05, 3.63) is 59.1 Å². The largest absolute Gasteiger partial charge is 0.333 e. The van der Waals surface area contributed by atoms with Gasteiger partial charge in [0.05, 0.1) is 23.2 Å². The van der Waals surface area contributed by atoms with Gasteiger partial charge in [0.15, 0.2) is 0 Å². The van der Waals surface area contributed by atoms with E-state index in [0.29, 0.717) is 10.7 Å². The third-order valence-electron chi connectivity index (χ3n) is 4.87. The highest BCUT2D eigenvalue weighted by Gasteiger charge is 2.38. The Morgan fingerprint density at radius 2 is 1.83 bits per heavy atom. The van der Waals surface area contributed by atoms with Crippen molar-refractivity contribution in [2.24, 2.45) is 5.92 Å². The molecule has 3 amide bonds. The number of benzene rings is 2. The van der Waals surface area contributed by atoms with E-state index in [1.807, 2.05) is 0 Å². The SMILES string of the molecule is CCN(CC(=O)Nc1c(F)cccc1F)C(=O)[C@@H]1CC(=O)N(c2ccccc2Cl)C1. The number of rotatable bonds is 6. The fourth-order valence-corrected chi connectivity index (χ4v) is 3.59. The summed E-state index contributed by atoms with van der Waals surface area (Å²) < 4.78 is 27.5. The summed E-state index contributed by atoms with van der Waals surface area (Å²) in [6, 6.07) is 10.1. The first-order valence-corrected chi connectivity index (χ1v) is 9.77. The summed E-state index contributed by atoms with van der Waals surface area (Å²) in [6.07, 6.45) is -0.00980. The molecule has 2 aromatic carbocycles. The number of carbonyl (C=O) groups is 3. The number of likely N-dealkylation sites (N-methyl/N-ethyl adjacent to an activating group) is 1. The van der Waals surface area contributed by atoms with E-state index in [1.165, 1.54) is 15.9 Å². The summed E-state index contributed by atoms with van der Waals surface area (Å²) in [4.78, 5) is 40.3. The van der Waals surface area contributed by atoms with Crippen molar-refractivity contribution in [1.82, 2.24) is 4.90 Å². The second-order valence-electron chi connectivity index (χ2n) is 6.85. The highest BCUT2D eigenvalue weighted by Crippen LogP contribution is 2.31. The lowest BCUT2D eigenvalue weighted by Crippen LogP contribution is -2.42. The van der Waals surface area contributed by atoms with Crippen molar-refractivity contribution in [2.75, 3.05) is 29.9 Å². The van der Waals surface area contributed by atoms with Crippen molar-refractivity contribution in [3.63, 3.8) is 0 Å². The molecule has 158 valence electrons. The Kier molecular flexibility index (Phi) is 6.66. The van der Waals surface area contributed by atoms with Gasteiger partial charge < -0.3 is 15.1 Å². The molecular formula is C21H20ClF2N3O3. The summed E-state index contributed by atoms with van der Waals surface area (Å²) in [5.74, 6) is -3.82. The van der Waals surface area contributed by atoms with Gasteiger partial charge in [0.2, 0.25) is 17.7 Å². The maximum atomic E-state index is 13.7. The van der Waals surface area contributed by atoms with E-state index < -0.39 is 29.1 Å². The molecule has 1 N–H and O–H groups in total. The fourth-order valence-electron chi connectivity index (χ4n) is 3.35. The monoisotopic (exact) mass is 435 g/mol. The number of nitrogens with one attached hydrogen (secondary N) is 1. The quantitative estimate of drug-likeness (QED) is 0.755. The molecule has 0 aliphatic carbocycles. The van der Waals surface area contributed by atoms with Crippen molar-refractivity contribution < 1.29 is 23.2 Å². The van der Waals surface area contributed by atoms with Crippen LogP contribution in [0.15, 0.2) is 42.5 Å². The van der Waals surface area contributed by atoms with E-state index in [9.17, 15) is 23.2 Å². The zero-order chi connectivity index (χ0) is 21.8. The van der Waals surface area contributed by atoms with E-state index in [2.05, 4.69) is 5.32 Å². The van der Waals surface area contributed by atoms with Crippen LogP contribution in [0.1, 0.15) is 13.3 Å². The minimum atomic E-state index is -0.908. The molecule has 6 nitrogen and oxygen atoms in total. The highest BCUT2D eigenvalue weighted by molar-refractivity contribution is 6.33. The highest BCUT2D eigenvalue weighted by atomic mass is 35.5. The lowest BCUT2D eigenvalue weighted by atomic mass is 10.1. The predicted molar refractivity (Wildman–Crippen MR) is 109 cm³/mol. The summed E-state index contributed by atoms with van der Waals surface area (Å²) in [5, 5.41) is 2.56. The van der Waals surface area contributed by atoms with Gasteiger partial charge in [-0.25, -0.2) is 8.78 Å². The van der Waals surface area contributed by atoms with Gasteiger partial charge in [0.25, 0.3) is 0 Å². The molecule has 1 atom stereocenters. The van der Waals surface area contributed by atoms with E-state index in [1.54, 1.807) is 31.2 Å². The number of carbonyl (C=O) groups excluding carboxylic acids is 3. The Bertz CT molecular complexity index is 965. The Balaban J connectivity index is 1.67. The summed E-state index contributed by atoms with van der Waals surface area (Å²) >= 11 is 6.15. The molecule has 1 aliphatic rings. The molecule has 0 aromatic heterocycles. The van der Waals surface area contributed by atoms with Gasteiger partial charge in [0, 0.05) is 19.5 Å². The van der Waals surface area contributed by atoms with Gasteiger partial charge in [0.1, 0.15) is 17.3 Å². The van der Waals surface area contributed by atoms with E-state index in [4.69, 9.17) is 11.6 Å². The smallest absolute Gasteiger partial charge is 0.244 e. The zero-order valence-electron chi connectivity index (χ0n) is 16.2. The van der Waals surface area contributed by atoms with E-state index in [-0.39, 0.29) is 37.9 Å². The van der Waals surface area contributed by atoms with E-state index in [0.717, 1.165) is 12.1 Å². The second kappa shape index (κ2) is 9.21. The first kappa shape index (κ1) is 21.7. The van der Waals surface area contributed by atoms with Gasteiger partial charge >= 0.3 is 0 Å². The summed E-state index contributed by atoms with van der Waals surface area (Å²) in [5.41, 5.74) is -0.0396. The molecule has 0 unspecified atom stereocenters. The topological polar surface area (TPSA) is 69.7 Å². The molecule has 3 rings (SSSR count). The van der Waals surface area contributed by atoms with Crippen LogP contribution in [0.5, 0.6) is 0 Å². The number of hydrogen-bond donors (Lipinski definition) is 1. The first-order valence-electron chi connectivity index (χ1n) is 9.39. The number of amides is 3. The average Bonchev–Trinajstić information content (AvgIpc) is 3.10. The Morgan fingerprint density at radius 3 is 2.47 bits per heavy atom. The maximum Gasteiger partial charge on any atom is 0.244 e. The lowest BCUT2D eigenvalue weighted by Gasteiger charge is -2.24. The zero-order valence-corrected chi connectivity index (χ0v) is 17.0. The fraction of sp³-hybridized carbons (Fsp3) is 0.286. The molecule has 2 aromatic rings. The predicted octanol–water partition coefficient (Wildman–Crippen LogP) is 3.46. The number of para-hydroxylation sites is 2. The van der Waals surface area contributed by atoms with Gasteiger partial charge in [-0.3, -0.25) is 14.4 Å². The van der Waals surface area contributed by atoms with Crippen LogP contribution < -0.4 is 10.2 Å². The minimum absolute atomic E-state index is 0.00980. The molecule has 0 bridgehead atoms. The van der Waals surface area contributed by atoms with Crippen molar-refractivity contribution >= 4 is 40.7 Å². The van der Waals surface area contributed by atoms with Crippen LogP contribution in [-0.4, -0.2) is 42.3 Å². The van der Waals surface area contributed by atoms with Crippen LogP contribution in [-0.2, 0) is 14.4 Å². The first-order chi connectivity index (χ1) is 14.3. The average molecular weight is 436 g/mol. The Labute approximate surface area is 177 Å². The van der Waals surface area contributed by atoms with Crippen molar-refractivity contribution in [2.45, 2.75) is 13.3 Å². The normalized spacial score (nSPS) is 15.9.